The van der Waals surface area contributed by atoms with E-state index in [0.717, 1.165) is 18.7 Å². The average molecular weight is 502 g/mol. The van der Waals surface area contributed by atoms with Gasteiger partial charge in [0.05, 0.1) is 11.4 Å². The minimum Gasteiger partial charge on any atom is -0.324 e. The fourth-order valence-corrected chi connectivity index (χ4v) is 5.34. The molecule has 1 aliphatic carbocycles. The van der Waals surface area contributed by atoms with Gasteiger partial charge >= 0.3 is 0 Å². The van der Waals surface area contributed by atoms with Crippen LogP contribution in [-0.2, 0) is 17.4 Å². The summed E-state index contributed by atoms with van der Waals surface area (Å²) in [6.45, 7) is 7.97. The molecule has 1 fully saturated rings. The monoisotopic (exact) mass is 501 g/mol. The lowest BCUT2D eigenvalue weighted by Gasteiger charge is -2.27. The summed E-state index contributed by atoms with van der Waals surface area (Å²) in [6, 6.07) is 9.97. The van der Waals surface area contributed by atoms with Crippen molar-refractivity contribution >= 4 is 22.7 Å². The van der Waals surface area contributed by atoms with E-state index >= 15 is 0 Å². The Kier molecular flexibility index (Phi) is 5.45. The summed E-state index contributed by atoms with van der Waals surface area (Å²) < 4.78 is 17.2. The SMILES string of the molecule is CC(C)n1c(=O)c2cnc(Nc3ccc4c(c3)CCNC43CC3)nc2n1-c1ccnc(C(C)(C)CF)c1. The highest BCUT2D eigenvalue weighted by Crippen LogP contribution is 2.48. The molecule has 4 heterocycles. The Balaban J connectivity index is 1.44. The number of nitrogens with one attached hydrogen (secondary N) is 2. The molecule has 1 spiro atoms. The molecule has 0 saturated heterocycles. The molecule has 37 heavy (non-hydrogen) atoms. The fraction of sp³-hybridized carbons (Fsp3) is 0.429. The van der Waals surface area contributed by atoms with Gasteiger partial charge in [0, 0.05) is 41.6 Å². The molecule has 6 rings (SSSR count). The van der Waals surface area contributed by atoms with Crippen LogP contribution in [0.25, 0.3) is 16.7 Å². The molecule has 8 nitrogen and oxygen atoms in total. The van der Waals surface area contributed by atoms with E-state index in [0.29, 0.717) is 28.4 Å². The van der Waals surface area contributed by atoms with Crippen molar-refractivity contribution in [2.75, 3.05) is 18.5 Å². The number of alkyl halides is 1. The zero-order valence-corrected chi connectivity index (χ0v) is 21.7. The average Bonchev–Trinajstić information content (AvgIpc) is 3.59. The molecule has 9 heteroatoms. The van der Waals surface area contributed by atoms with E-state index in [1.165, 1.54) is 24.0 Å². The van der Waals surface area contributed by atoms with Gasteiger partial charge in [-0.1, -0.05) is 19.9 Å². The second kappa shape index (κ2) is 8.48. The number of aromatic nitrogens is 5. The van der Waals surface area contributed by atoms with Gasteiger partial charge in [0.25, 0.3) is 5.56 Å². The summed E-state index contributed by atoms with van der Waals surface area (Å²) in [5, 5.41) is 7.44. The molecule has 3 aromatic heterocycles. The third-order valence-corrected chi connectivity index (χ3v) is 7.61. The van der Waals surface area contributed by atoms with E-state index in [4.69, 9.17) is 4.98 Å². The van der Waals surface area contributed by atoms with Gasteiger partial charge in [0.15, 0.2) is 5.65 Å². The molecular weight excluding hydrogens is 469 g/mol. The summed E-state index contributed by atoms with van der Waals surface area (Å²) in [7, 11) is 0. The number of anilines is 2. The molecule has 2 N–H and O–H groups in total. The third kappa shape index (κ3) is 3.92. The van der Waals surface area contributed by atoms with Crippen LogP contribution in [0.2, 0.25) is 0 Å². The Labute approximate surface area is 214 Å². The predicted octanol–water partition coefficient (Wildman–Crippen LogP) is 4.68. The van der Waals surface area contributed by atoms with E-state index in [1.54, 1.807) is 21.8 Å². The van der Waals surface area contributed by atoms with E-state index < -0.39 is 12.1 Å². The van der Waals surface area contributed by atoms with Crippen LogP contribution in [0, 0.1) is 0 Å². The Bertz CT molecular complexity index is 1560. The maximum Gasteiger partial charge on any atom is 0.278 e. The highest BCUT2D eigenvalue weighted by Gasteiger charge is 2.46. The predicted molar refractivity (Wildman–Crippen MR) is 143 cm³/mol. The molecule has 0 bridgehead atoms. The van der Waals surface area contributed by atoms with Gasteiger partial charge < -0.3 is 10.6 Å². The lowest BCUT2D eigenvalue weighted by molar-refractivity contribution is 0.344. The van der Waals surface area contributed by atoms with Crippen molar-refractivity contribution in [3.8, 4) is 5.69 Å². The van der Waals surface area contributed by atoms with Crippen molar-refractivity contribution in [1.29, 1.82) is 0 Å². The van der Waals surface area contributed by atoms with Crippen molar-refractivity contribution in [3.63, 3.8) is 0 Å². The quantitative estimate of drug-likeness (QED) is 0.399. The van der Waals surface area contributed by atoms with Crippen molar-refractivity contribution in [3.05, 3.63) is 69.9 Å². The lowest BCUT2D eigenvalue weighted by Crippen LogP contribution is -2.36. The molecule has 1 saturated carbocycles. The van der Waals surface area contributed by atoms with Gasteiger partial charge in [0.1, 0.15) is 12.1 Å². The van der Waals surface area contributed by atoms with Crippen LogP contribution in [-0.4, -0.2) is 37.5 Å². The van der Waals surface area contributed by atoms with Crippen molar-refractivity contribution in [2.45, 2.75) is 64.0 Å². The van der Waals surface area contributed by atoms with Crippen LogP contribution >= 0.6 is 0 Å². The zero-order valence-electron chi connectivity index (χ0n) is 21.7. The summed E-state index contributed by atoms with van der Waals surface area (Å²) in [5.41, 5.74) is 4.74. The first-order chi connectivity index (χ1) is 17.7. The number of pyridine rings is 1. The van der Waals surface area contributed by atoms with Gasteiger partial charge in [0.2, 0.25) is 5.95 Å². The van der Waals surface area contributed by atoms with Crippen LogP contribution in [0.3, 0.4) is 0 Å². The molecule has 0 amide bonds. The lowest BCUT2D eigenvalue weighted by atomic mass is 9.90. The van der Waals surface area contributed by atoms with Crippen LogP contribution < -0.4 is 16.2 Å². The number of fused-ring (bicyclic) bond motifs is 3. The molecule has 0 atom stereocenters. The molecule has 1 aromatic carbocycles. The highest BCUT2D eigenvalue weighted by molar-refractivity contribution is 5.77. The Morgan fingerprint density at radius 1 is 1.19 bits per heavy atom. The fourth-order valence-electron chi connectivity index (χ4n) is 5.34. The number of hydrogen-bond acceptors (Lipinski definition) is 6. The number of hydrogen-bond donors (Lipinski definition) is 2. The number of halogens is 1. The zero-order chi connectivity index (χ0) is 25.9. The first-order valence-electron chi connectivity index (χ1n) is 12.9. The number of benzene rings is 1. The highest BCUT2D eigenvalue weighted by atomic mass is 19.1. The molecule has 2 aliphatic rings. The van der Waals surface area contributed by atoms with Gasteiger partial charge in [-0.25, -0.2) is 14.3 Å². The van der Waals surface area contributed by atoms with Crippen LogP contribution in [0.5, 0.6) is 0 Å². The first-order valence-corrected chi connectivity index (χ1v) is 12.9. The number of nitrogens with zero attached hydrogens (tertiary/aromatic N) is 5. The Morgan fingerprint density at radius 3 is 2.73 bits per heavy atom. The molecular formula is C28H32FN7O. The summed E-state index contributed by atoms with van der Waals surface area (Å²) in [5.74, 6) is 0.413. The third-order valence-electron chi connectivity index (χ3n) is 7.61. The van der Waals surface area contributed by atoms with Crippen molar-refractivity contribution < 1.29 is 4.39 Å². The van der Waals surface area contributed by atoms with Crippen molar-refractivity contribution in [2.24, 2.45) is 0 Å². The molecule has 4 aromatic rings. The van der Waals surface area contributed by atoms with Crippen molar-refractivity contribution in [1.82, 2.24) is 29.6 Å². The smallest absolute Gasteiger partial charge is 0.278 e. The molecule has 0 unspecified atom stereocenters. The topological polar surface area (TPSA) is 89.7 Å². The van der Waals surface area contributed by atoms with Crippen LogP contribution in [0.15, 0.2) is 47.5 Å². The molecule has 0 radical (unpaired) electrons. The summed E-state index contributed by atoms with van der Waals surface area (Å²) in [6.07, 6.45) is 6.60. The largest absolute Gasteiger partial charge is 0.324 e. The first kappa shape index (κ1) is 23.8. The second-order valence-corrected chi connectivity index (χ2v) is 11.2. The van der Waals surface area contributed by atoms with Crippen LogP contribution in [0.4, 0.5) is 16.0 Å². The van der Waals surface area contributed by atoms with E-state index in [-0.39, 0.29) is 17.1 Å². The van der Waals surface area contributed by atoms with Gasteiger partial charge in [-0.05, 0) is 68.5 Å². The molecule has 1 aliphatic heterocycles. The Morgan fingerprint density at radius 2 is 2.00 bits per heavy atom. The minimum atomic E-state index is -0.745. The maximum atomic E-state index is 13.7. The standard InChI is InChI=1S/C28H32FN7O/c1-17(2)35-25(37)21-15-31-26(33-19-5-6-22-18(13-19)7-12-32-28(22)9-10-28)34-24(21)36(35)20-8-11-30-23(14-20)27(3,4)16-29/h5-6,8,11,13-15,17,32H,7,9-10,12,16H2,1-4H3,(H,31,33,34). The van der Waals surface area contributed by atoms with Gasteiger partial charge in [-0.3, -0.25) is 14.2 Å². The Hall–Kier alpha value is -3.59. The summed E-state index contributed by atoms with van der Waals surface area (Å²) >= 11 is 0. The maximum absolute atomic E-state index is 13.7. The number of rotatable bonds is 6. The minimum absolute atomic E-state index is 0.132. The van der Waals surface area contributed by atoms with E-state index in [2.05, 4.69) is 38.8 Å². The van der Waals surface area contributed by atoms with Crippen LogP contribution in [0.1, 0.15) is 63.4 Å². The summed E-state index contributed by atoms with van der Waals surface area (Å²) in [4.78, 5) is 27.0. The van der Waals surface area contributed by atoms with Gasteiger partial charge in [-0.15, -0.1) is 0 Å². The van der Waals surface area contributed by atoms with E-state index in [1.807, 2.05) is 39.8 Å². The van der Waals surface area contributed by atoms with E-state index in [9.17, 15) is 9.18 Å². The normalized spacial score (nSPS) is 16.4. The second-order valence-electron chi connectivity index (χ2n) is 11.2. The molecule has 192 valence electrons. The van der Waals surface area contributed by atoms with Gasteiger partial charge in [-0.2, -0.15) is 4.98 Å².